The number of amides is 2. The summed E-state index contributed by atoms with van der Waals surface area (Å²) in [5, 5.41) is 3.97. The van der Waals surface area contributed by atoms with E-state index in [1.54, 1.807) is 0 Å². The van der Waals surface area contributed by atoms with E-state index in [1.807, 2.05) is 60.4 Å². The second kappa shape index (κ2) is 7.86. The number of pyridine rings is 1. The molecule has 1 aliphatic rings. The first-order valence-corrected chi connectivity index (χ1v) is 9.54. The number of carbonyl (C=O) groups is 1. The van der Waals surface area contributed by atoms with Crippen LogP contribution in [0, 0.1) is 6.92 Å². The lowest BCUT2D eigenvalue weighted by molar-refractivity contribution is 0.142. The summed E-state index contributed by atoms with van der Waals surface area (Å²) >= 11 is 0. The van der Waals surface area contributed by atoms with Crippen molar-refractivity contribution in [2.45, 2.75) is 13.5 Å². The number of hydrogen-bond acceptors (Lipinski definition) is 3. The third-order valence-corrected chi connectivity index (χ3v) is 5.16. The van der Waals surface area contributed by atoms with Crippen LogP contribution >= 0.6 is 0 Å². The molecule has 0 aliphatic carbocycles. The molecule has 0 unspecified atom stereocenters. The number of carbonyl (C=O) groups excluding carboxylic acids is 1. The third-order valence-electron chi connectivity index (χ3n) is 5.16. The zero-order valence-corrected chi connectivity index (χ0v) is 15.9. The molecule has 0 bridgehead atoms. The Hall–Kier alpha value is -3.12. The van der Waals surface area contributed by atoms with Crippen molar-refractivity contribution < 1.29 is 4.79 Å². The van der Waals surface area contributed by atoms with Crippen molar-refractivity contribution in [1.82, 2.24) is 14.8 Å². The number of rotatable bonds is 3. The summed E-state index contributed by atoms with van der Waals surface area (Å²) in [5.74, 6) is 0. The van der Waals surface area contributed by atoms with E-state index in [0.717, 1.165) is 40.8 Å². The first-order valence-electron chi connectivity index (χ1n) is 9.54. The van der Waals surface area contributed by atoms with E-state index in [9.17, 15) is 9.59 Å². The molecule has 1 aromatic heterocycles. The zero-order valence-electron chi connectivity index (χ0n) is 15.9. The minimum Gasteiger partial charge on any atom is -0.322 e. The second-order valence-corrected chi connectivity index (χ2v) is 7.27. The number of nitrogens with zero attached hydrogens (tertiary/aromatic N) is 2. The van der Waals surface area contributed by atoms with Gasteiger partial charge in [-0.15, -0.1) is 0 Å². The number of anilines is 1. The van der Waals surface area contributed by atoms with E-state index in [0.29, 0.717) is 19.6 Å². The molecule has 6 heteroatoms. The van der Waals surface area contributed by atoms with Gasteiger partial charge >= 0.3 is 6.03 Å². The number of para-hydroxylation sites is 1. The topological polar surface area (TPSA) is 68.4 Å². The van der Waals surface area contributed by atoms with E-state index < -0.39 is 0 Å². The van der Waals surface area contributed by atoms with Crippen LogP contribution in [0.3, 0.4) is 0 Å². The normalized spacial score (nSPS) is 15.0. The fraction of sp³-hybridized carbons (Fsp3) is 0.273. The molecule has 2 aromatic carbocycles. The molecular weight excluding hydrogens is 352 g/mol. The molecule has 2 amide bonds. The number of piperazine rings is 1. The number of aryl methyl sites for hydroxylation is 1. The van der Waals surface area contributed by atoms with Crippen LogP contribution in [0.5, 0.6) is 0 Å². The molecule has 1 fully saturated rings. The molecule has 1 aliphatic heterocycles. The van der Waals surface area contributed by atoms with Gasteiger partial charge in [0.25, 0.3) is 5.56 Å². The van der Waals surface area contributed by atoms with Gasteiger partial charge in [0.15, 0.2) is 0 Å². The highest BCUT2D eigenvalue weighted by Crippen LogP contribution is 2.15. The molecule has 0 radical (unpaired) electrons. The molecule has 6 nitrogen and oxygen atoms in total. The quantitative estimate of drug-likeness (QED) is 0.738. The highest BCUT2D eigenvalue weighted by atomic mass is 16.2. The Labute approximate surface area is 163 Å². The SMILES string of the molecule is Cc1ccc2cc(CN3CCN(C(=O)Nc4ccccc4)CC3)c(=O)[nH]c2c1. The molecular formula is C22H24N4O2. The summed E-state index contributed by atoms with van der Waals surface area (Å²) in [6.45, 7) is 5.38. The van der Waals surface area contributed by atoms with Crippen molar-refractivity contribution >= 4 is 22.6 Å². The summed E-state index contributed by atoms with van der Waals surface area (Å²) in [6, 6.07) is 17.4. The predicted molar refractivity (Wildman–Crippen MR) is 112 cm³/mol. The van der Waals surface area contributed by atoms with Crippen LogP contribution < -0.4 is 10.9 Å². The minimum absolute atomic E-state index is 0.0395. The minimum atomic E-state index is -0.0789. The molecule has 28 heavy (non-hydrogen) atoms. The van der Waals surface area contributed by atoms with Crippen LogP contribution in [-0.4, -0.2) is 47.0 Å². The Morgan fingerprint density at radius 1 is 1.04 bits per heavy atom. The molecule has 2 heterocycles. The maximum atomic E-state index is 12.4. The van der Waals surface area contributed by atoms with Gasteiger partial charge in [0.2, 0.25) is 0 Å². The fourth-order valence-electron chi connectivity index (χ4n) is 3.55. The van der Waals surface area contributed by atoms with Crippen molar-refractivity contribution in [2.24, 2.45) is 0 Å². The Morgan fingerprint density at radius 2 is 1.79 bits per heavy atom. The standard InChI is InChI=1S/C22H24N4O2/c1-16-7-8-17-14-18(21(27)24-20(17)13-16)15-25-9-11-26(12-10-25)22(28)23-19-5-3-2-4-6-19/h2-8,13-14H,9-12,15H2,1H3,(H,23,28)(H,24,27). The Morgan fingerprint density at radius 3 is 2.54 bits per heavy atom. The summed E-state index contributed by atoms with van der Waals surface area (Å²) in [4.78, 5) is 31.9. The summed E-state index contributed by atoms with van der Waals surface area (Å²) in [7, 11) is 0. The van der Waals surface area contributed by atoms with Crippen LogP contribution in [0.4, 0.5) is 10.5 Å². The lowest BCUT2D eigenvalue weighted by atomic mass is 10.1. The average Bonchev–Trinajstić information content (AvgIpc) is 2.70. The lowest BCUT2D eigenvalue weighted by Gasteiger charge is -2.34. The summed E-state index contributed by atoms with van der Waals surface area (Å²) in [5.41, 5.74) is 3.52. The number of hydrogen-bond donors (Lipinski definition) is 2. The molecule has 144 valence electrons. The molecule has 0 spiro atoms. The fourth-order valence-corrected chi connectivity index (χ4v) is 3.55. The zero-order chi connectivity index (χ0) is 19.5. The van der Waals surface area contributed by atoms with Crippen molar-refractivity contribution in [2.75, 3.05) is 31.5 Å². The van der Waals surface area contributed by atoms with Crippen molar-refractivity contribution in [1.29, 1.82) is 0 Å². The smallest absolute Gasteiger partial charge is 0.321 e. The van der Waals surface area contributed by atoms with Gasteiger partial charge in [-0.3, -0.25) is 9.69 Å². The van der Waals surface area contributed by atoms with E-state index in [-0.39, 0.29) is 11.6 Å². The highest BCUT2D eigenvalue weighted by molar-refractivity contribution is 5.89. The van der Waals surface area contributed by atoms with Gasteiger partial charge in [-0.1, -0.05) is 30.3 Å². The van der Waals surface area contributed by atoms with Gasteiger partial charge in [0.1, 0.15) is 0 Å². The molecule has 1 saturated heterocycles. The van der Waals surface area contributed by atoms with E-state index in [4.69, 9.17) is 0 Å². The molecule has 2 N–H and O–H groups in total. The van der Waals surface area contributed by atoms with Crippen molar-refractivity contribution in [3.8, 4) is 0 Å². The number of aromatic amines is 1. The first kappa shape index (κ1) is 18.3. The Kier molecular flexibility index (Phi) is 5.12. The molecule has 4 rings (SSSR count). The number of H-pyrrole nitrogens is 1. The van der Waals surface area contributed by atoms with Gasteiger partial charge in [0.05, 0.1) is 0 Å². The maximum Gasteiger partial charge on any atom is 0.321 e. The number of benzene rings is 2. The number of fused-ring (bicyclic) bond motifs is 1. The first-order chi connectivity index (χ1) is 13.6. The number of nitrogens with one attached hydrogen (secondary N) is 2. The molecule has 0 atom stereocenters. The highest BCUT2D eigenvalue weighted by Gasteiger charge is 2.21. The average molecular weight is 376 g/mol. The van der Waals surface area contributed by atoms with Crippen molar-refractivity contribution in [3.05, 3.63) is 76.1 Å². The van der Waals surface area contributed by atoms with Crippen LogP contribution in [-0.2, 0) is 6.54 Å². The number of urea groups is 1. The van der Waals surface area contributed by atoms with Crippen molar-refractivity contribution in [3.63, 3.8) is 0 Å². The van der Waals surface area contributed by atoms with Crippen LogP contribution in [0.2, 0.25) is 0 Å². The molecule has 3 aromatic rings. The summed E-state index contributed by atoms with van der Waals surface area (Å²) < 4.78 is 0. The van der Waals surface area contributed by atoms with E-state index in [1.165, 1.54) is 0 Å². The van der Waals surface area contributed by atoms with Gasteiger partial charge in [-0.05, 0) is 42.1 Å². The summed E-state index contributed by atoms with van der Waals surface area (Å²) in [6.07, 6.45) is 0. The predicted octanol–water partition coefficient (Wildman–Crippen LogP) is 3.19. The van der Waals surface area contributed by atoms with Gasteiger partial charge in [0, 0.05) is 49.5 Å². The molecule has 0 saturated carbocycles. The van der Waals surface area contributed by atoms with E-state index >= 15 is 0 Å². The van der Waals surface area contributed by atoms with Gasteiger partial charge in [-0.25, -0.2) is 4.79 Å². The number of aromatic nitrogens is 1. The van der Waals surface area contributed by atoms with Gasteiger partial charge < -0.3 is 15.2 Å². The third kappa shape index (κ3) is 4.07. The Balaban J connectivity index is 1.37. The van der Waals surface area contributed by atoms with Crippen LogP contribution in [0.25, 0.3) is 10.9 Å². The Bertz CT molecular complexity index is 1040. The monoisotopic (exact) mass is 376 g/mol. The largest absolute Gasteiger partial charge is 0.322 e. The van der Waals surface area contributed by atoms with Crippen LogP contribution in [0.1, 0.15) is 11.1 Å². The maximum absolute atomic E-state index is 12.4. The van der Waals surface area contributed by atoms with E-state index in [2.05, 4.69) is 21.3 Å². The lowest BCUT2D eigenvalue weighted by Crippen LogP contribution is -2.49. The van der Waals surface area contributed by atoms with Gasteiger partial charge in [-0.2, -0.15) is 0 Å². The van der Waals surface area contributed by atoms with Crippen LogP contribution in [0.15, 0.2) is 59.4 Å². The second-order valence-electron chi connectivity index (χ2n) is 7.27.